The number of benzene rings is 1. The first-order valence-electron chi connectivity index (χ1n) is 6.84. The van der Waals surface area contributed by atoms with Gasteiger partial charge >= 0.3 is 0 Å². The molecule has 2 heterocycles. The number of hydrogen-bond acceptors (Lipinski definition) is 4. The van der Waals surface area contributed by atoms with Crippen LogP contribution in [0, 0.1) is 6.92 Å². The van der Waals surface area contributed by atoms with Crippen LogP contribution in [0.15, 0.2) is 41.3 Å². The molecule has 0 aliphatic carbocycles. The normalized spacial score (nSPS) is 13.8. The number of nitrogens with one attached hydrogen (secondary N) is 2. The molecule has 0 radical (unpaired) electrons. The minimum atomic E-state index is -3.51. The quantitative estimate of drug-likeness (QED) is 0.904. The standard InChI is InChI=1S/C15H17N3O2S/c1-11-3-2-4-13(18-11)10-17-21(19,20)14-5-6-15-12(9-14)7-8-16-15/h2-6,9,16-17H,7-8,10H2,1H3. The third-order valence-electron chi connectivity index (χ3n) is 3.49. The van der Waals surface area contributed by atoms with E-state index < -0.39 is 10.0 Å². The molecular formula is C15H17N3O2S. The highest BCUT2D eigenvalue weighted by molar-refractivity contribution is 7.89. The molecule has 5 nitrogen and oxygen atoms in total. The van der Waals surface area contributed by atoms with Gasteiger partial charge in [-0.05, 0) is 49.2 Å². The van der Waals surface area contributed by atoms with Gasteiger partial charge in [-0.1, -0.05) is 6.07 Å². The topological polar surface area (TPSA) is 71.1 Å². The SMILES string of the molecule is Cc1cccc(CNS(=O)(=O)c2ccc3c(c2)CCN3)n1. The van der Waals surface area contributed by atoms with Crippen molar-refractivity contribution < 1.29 is 8.42 Å². The summed E-state index contributed by atoms with van der Waals surface area (Å²) in [6.45, 7) is 2.93. The maximum Gasteiger partial charge on any atom is 0.240 e. The van der Waals surface area contributed by atoms with Gasteiger partial charge in [0.15, 0.2) is 0 Å². The maximum atomic E-state index is 12.3. The average Bonchev–Trinajstić information content (AvgIpc) is 2.93. The van der Waals surface area contributed by atoms with Gasteiger partial charge in [-0.15, -0.1) is 0 Å². The lowest BCUT2D eigenvalue weighted by Gasteiger charge is -2.08. The Morgan fingerprint density at radius 1 is 1.29 bits per heavy atom. The summed E-state index contributed by atoms with van der Waals surface area (Å²) >= 11 is 0. The zero-order valence-electron chi connectivity index (χ0n) is 11.8. The number of anilines is 1. The third kappa shape index (κ3) is 3.06. The van der Waals surface area contributed by atoms with Crippen molar-refractivity contribution in [3.05, 3.63) is 53.3 Å². The molecule has 0 saturated carbocycles. The first-order valence-corrected chi connectivity index (χ1v) is 8.32. The summed E-state index contributed by atoms with van der Waals surface area (Å²) < 4.78 is 27.3. The van der Waals surface area contributed by atoms with Gasteiger partial charge in [0.2, 0.25) is 10.0 Å². The van der Waals surface area contributed by atoms with E-state index in [1.54, 1.807) is 12.1 Å². The molecule has 0 amide bonds. The number of rotatable bonds is 4. The fourth-order valence-electron chi connectivity index (χ4n) is 2.40. The van der Waals surface area contributed by atoms with Crippen LogP contribution in [0.5, 0.6) is 0 Å². The molecule has 1 aromatic carbocycles. The van der Waals surface area contributed by atoms with Crippen LogP contribution < -0.4 is 10.0 Å². The number of aryl methyl sites for hydroxylation is 1. The van der Waals surface area contributed by atoms with Crippen LogP contribution in [0.3, 0.4) is 0 Å². The second kappa shape index (κ2) is 5.46. The van der Waals surface area contributed by atoms with Gasteiger partial charge < -0.3 is 5.32 Å². The number of pyridine rings is 1. The van der Waals surface area contributed by atoms with E-state index in [4.69, 9.17) is 0 Å². The molecule has 6 heteroatoms. The van der Waals surface area contributed by atoms with E-state index >= 15 is 0 Å². The fourth-order valence-corrected chi connectivity index (χ4v) is 3.45. The Labute approximate surface area is 124 Å². The highest BCUT2D eigenvalue weighted by atomic mass is 32.2. The van der Waals surface area contributed by atoms with E-state index in [1.165, 1.54) is 0 Å². The lowest BCUT2D eigenvalue weighted by atomic mass is 10.2. The van der Waals surface area contributed by atoms with Gasteiger partial charge in [-0.2, -0.15) is 0 Å². The number of aromatic nitrogens is 1. The number of sulfonamides is 1. The Morgan fingerprint density at radius 2 is 2.14 bits per heavy atom. The molecule has 0 saturated heterocycles. The number of hydrogen-bond donors (Lipinski definition) is 2. The summed E-state index contributed by atoms with van der Waals surface area (Å²) in [5, 5.41) is 3.22. The summed E-state index contributed by atoms with van der Waals surface area (Å²) in [5.74, 6) is 0. The number of fused-ring (bicyclic) bond motifs is 1. The molecule has 1 aromatic heterocycles. The molecule has 0 spiro atoms. The van der Waals surface area contributed by atoms with Crippen LogP contribution in [-0.4, -0.2) is 19.9 Å². The predicted octanol–water partition coefficient (Wildman–Crippen LogP) is 1.84. The van der Waals surface area contributed by atoms with Crippen LogP contribution in [0.25, 0.3) is 0 Å². The van der Waals surface area contributed by atoms with Crippen molar-refractivity contribution in [1.82, 2.24) is 9.71 Å². The molecule has 2 N–H and O–H groups in total. The van der Waals surface area contributed by atoms with E-state index in [0.29, 0.717) is 10.6 Å². The Kier molecular flexibility index (Phi) is 3.65. The van der Waals surface area contributed by atoms with Gasteiger partial charge in [-0.3, -0.25) is 4.98 Å². The molecule has 0 bridgehead atoms. The molecule has 110 valence electrons. The second-order valence-electron chi connectivity index (χ2n) is 5.09. The van der Waals surface area contributed by atoms with Crippen molar-refractivity contribution in [2.75, 3.05) is 11.9 Å². The minimum absolute atomic E-state index is 0.194. The van der Waals surface area contributed by atoms with Crippen molar-refractivity contribution in [3.8, 4) is 0 Å². The Balaban J connectivity index is 1.78. The summed E-state index contributed by atoms with van der Waals surface area (Å²) in [6, 6.07) is 10.7. The maximum absolute atomic E-state index is 12.3. The highest BCUT2D eigenvalue weighted by Crippen LogP contribution is 2.25. The van der Waals surface area contributed by atoms with Gasteiger partial charge in [-0.25, -0.2) is 13.1 Å². The van der Waals surface area contributed by atoms with Crippen molar-refractivity contribution in [1.29, 1.82) is 0 Å². The fraction of sp³-hybridized carbons (Fsp3) is 0.267. The zero-order chi connectivity index (χ0) is 14.9. The molecule has 1 aliphatic rings. The monoisotopic (exact) mass is 303 g/mol. The van der Waals surface area contributed by atoms with Crippen LogP contribution in [-0.2, 0) is 23.0 Å². The minimum Gasteiger partial charge on any atom is -0.384 e. The molecule has 3 rings (SSSR count). The molecule has 0 unspecified atom stereocenters. The van der Waals surface area contributed by atoms with Crippen LogP contribution in [0.1, 0.15) is 17.0 Å². The van der Waals surface area contributed by atoms with E-state index in [0.717, 1.165) is 29.9 Å². The first-order chi connectivity index (χ1) is 10.0. The van der Waals surface area contributed by atoms with Crippen molar-refractivity contribution in [3.63, 3.8) is 0 Å². The molecule has 0 atom stereocenters. The summed E-state index contributed by atoms with van der Waals surface area (Å²) in [5.41, 5.74) is 3.65. The van der Waals surface area contributed by atoms with Crippen LogP contribution in [0.4, 0.5) is 5.69 Å². The van der Waals surface area contributed by atoms with E-state index in [1.807, 2.05) is 31.2 Å². The summed E-state index contributed by atoms with van der Waals surface area (Å²) in [7, 11) is -3.51. The number of nitrogens with zero attached hydrogens (tertiary/aromatic N) is 1. The van der Waals surface area contributed by atoms with E-state index in [9.17, 15) is 8.42 Å². The molecule has 1 aliphatic heterocycles. The third-order valence-corrected chi connectivity index (χ3v) is 4.89. The van der Waals surface area contributed by atoms with Crippen molar-refractivity contribution >= 4 is 15.7 Å². The lowest BCUT2D eigenvalue weighted by Crippen LogP contribution is -2.23. The second-order valence-corrected chi connectivity index (χ2v) is 6.86. The van der Waals surface area contributed by atoms with Crippen molar-refractivity contribution in [2.24, 2.45) is 0 Å². The first kappa shape index (κ1) is 14.0. The lowest BCUT2D eigenvalue weighted by molar-refractivity contribution is 0.580. The summed E-state index contributed by atoms with van der Waals surface area (Å²) in [6.07, 6.45) is 0.859. The van der Waals surface area contributed by atoms with E-state index in [-0.39, 0.29) is 6.54 Å². The molecule has 21 heavy (non-hydrogen) atoms. The van der Waals surface area contributed by atoms with Gasteiger partial charge in [0.25, 0.3) is 0 Å². The molecule has 2 aromatic rings. The van der Waals surface area contributed by atoms with E-state index in [2.05, 4.69) is 15.0 Å². The Bertz CT molecular complexity index is 772. The Morgan fingerprint density at radius 3 is 2.95 bits per heavy atom. The summed E-state index contributed by atoms with van der Waals surface area (Å²) in [4.78, 5) is 4.59. The smallest absolute Gasteiger partial charge is 0.240 e. The Hall–Kier alpha value is -1.92. The predicted molar refractivity (Wildman–Crippen MR) is 81.6 cm³/mol. The molecular weight excluding hydrogens is 286 g/mol. The van der Waals surface area contributed by atoms with Gasteiger partial charge in [0, 0.05) is 17.9 Å². The van der Waals surface area contributed by atoms with Crippen LogP contribution in [0.2, 0.25) is 0 Å². The largest absolute Gasteiger partial charge is 0.384 e. The van der Waals surface area contributed by atoms with Gasteiger partial charge in [0.05, 0.1) is 17.1 Å². The highest BCUT2D eigenvalue weighted by Gasteiger charge is 2.18. The average molecular weight is 303 g/mol. The van der Waals surface area contributed by atoms with Crippen LogP contribution >= 0.6 is 0 Å². The zero-order valence-corrected chi connectivity index (χ0v) is 12.6. The van der Waals surface area contributed by atoms with Gasteiger partial charge in [0.1, 0.15) is 0 Å². The molecule has 0 fully saturated rings. The van der Waals surface area contributed by atoms with Crippen molar-refractivity contribution in [2.45, 2.75) is 24.8 Å².